The van der Waals surface area contributed by atoms with Crippen molar-refractivity contribution in [3.05, 3.63) is 0 Å². The molecule has 0 radical (unpaired) electrons. The third kappa shape index (κ3) is 2.63. The van der Waals surface area contributed by atoms with Crippen molar-refractivity contribution in [1.29, 1.82) is 0 Å². The van der Waals surface area contributed by atoms with Crippen molar-refractivity contribution in [1.82, 2.24) is 0 Å². The van der Waals surface area contributed by atoms with Gasteiger partial charge in [-0.2, -0.15) is 0 Å². The fourth-order valence-electron chi connectivity index (χ4n) is 1.97. The Kier molecular flexibility index (Phi) is 5.38. The summed E-state index contributed by atoms with van der Waals surface area (Å²) in [5.41, 5.74) is 5.87. The predicted molar refractivity (Wildman–Crippen MR) is 61.0 cm³/mol. The molecule has 4 heteroatoms. The van der Waals surface area contributed by atoms with Gasteiger partial charge in [0, 0.05) is 0 Å². The second kappa shape index (κ2) is 5.26. The minimum atomic E-state index is -1.96. The van der Waals surface area contributed by atoms with Crippen LogP contribution in [0.3, 0.4) is 0 Å². The summed E-state index contributed by atoms with van der Waals surface area (Å²) in [6.45, 7) is 2.73. The van der Waals surface area contributed by atoms with Gasteiger partial charge >= 0.3 is 80.5 Å². The molecule has 0 aliphatic carbocycles. The summed E-state index contributed by atoms with van der Waals surface area (Å²) in [6, 6.07) is 0. The van der Waals surface area contributed by atoms with Gasteiger partial charge in [-0.3, -0.25) is 0 Å². The first-order valence-corrected chi connectivity index (χ1v) is 8.20. The summed E-state index contributed by atoms with van der Waals surface area (Å²) >= 11 is 0. The quantitative estimate of drug-likeness (QED) is 0.534. The number of nitrogens with two attached hydrogens (primary N) is 1. The van der Waals surface area contributed by atoms with Crippen LogP contribution >= 0.6 is 6.60 Å². The van der Waals surface area contributed by atoms with E-state index >= 15 is 0 Å². The normalized spacial score (nSPS) is 15.3. The van der Waals surface area contributed by atoms with Crippen molar-refractivity contribution < 1.29 is 10.2 Å². The Morgan fingerprint density at radius 3 is 1.54 bits per heavy atom. The van der Waals surface area contributed by atoms with Crippen molar-refractivity contribution in [3.63, 3.8) is 0 Å². The van der Waals surface area contributed by atoms with Gasteiger partial charge in [0.25, 0.3) is 0 Å². The minimum absolute atomic E-state index is 0.205. The molecule has 0 heterocycles. The first kappa shape index (κ1) is 13.3. The molecule has 0 unspecified atom stereocenters. The van der Waals surface area contributed by atoms with Crippen LogP contribution in [-0.2, 0) is 0 Å². The Bertz CT molecular complexity index is 128. The molecule has 82 valence electrons. The summed E-state index contributed by atoms with van der Waals surface area (Å²) in [5, 5.41) is 18.2. The number of hydrogen-bond acceptors (Lipinski definition) is 3. The SMILES string of the molecule is CCP(CC)(CN)(CCO)CCO. The molecule has 0 bridgehead atoms. The summed E-state index contributed by atoms with van der Waals surface area (Å²) in [6.07, 6.45) is 4.38. The molecule has 0 fully saturated rings. The molecule has 0 rings (SSSR count). The standard InChI is InChI=1S/C9H24NO2P/c1-3-13(4-2,9-10,7-5-11)8-6-12/h11-12H,3-10H2,1-2H3. The Labute approximate surface area is 81.3 Å². The van der Waals surface area contributed by atoms with Crippen LogP contribution in [-0.4, -0.2) is 54.4 Å². The number of rotatable bonds is 7. The monoisotopic (exact) mass is 209 g/mol. The van der Waals surface area contributed by atoms with Crippen molar-refractivity contribution in [2.75, 3.05) is 44.1 Å². The van der Waals surface area contributed by atoms with Crippen LogP contribution in [0.1, 0.15) is 13.8 Å². The maximum absolute atomic E-state index is 9.08. The van der Waals surface area contributed by atoms with Crippen molar-refractivity contribution in [2.45, 2.75) is 13.8 Å². The van der Waals surface area contributed by atoms with E-state index in [0.29, 0.717) is 6.29 Å². The van der Waals surface area contributed by atoms with Gasteiger partial charge in [-0.25, -0.2) is 0 Å². The summed E-state index contributed by atoms with van der Waals surface area (Å²) in [4.78, 5) is 0. The van der Waals surface area contributed by atoms with Crippen molar-refractivity contribution in [2.24, 2.45) is 5.73 Å². The van der Waals surface area contributed by atoms with Crippen LogP contribution in [0.4, 0.5) is 0 Å². The van der Waals surface area contributed by atoms with E-state index in [0.717, 1.165) is 24.6 Å². The van der Waals surface area contributed by atoms with E-state index < -0.39 is 6.60 Å². The van der Waals surface area contributed by atoms with Gasteiger partial charge in [-0.1, -0.05) is 0 Å². The maximum atomic E-state index is 9.08. The van der Waals surface area contributed by atoms with E-state index in [1.54, 1.807) is 0 Å². The third-order valence-electron chi connectivity index (χ3n) is 3.77. The van der Waals surface area contributed by atoms with Crippen LogP contribution in [0, 0.1) is 0 Å². The van der Waals surface area contributed by atoms with Crippen LogP contribution in [0.2, 0.25) is 0 Å². The predicted octanol–water partition coefficient (Wildman–Crippen LogP) is 0.480. The zero-order valence-electron chi connectivity index (χ0n) is 8.87. The number of aliphatic hydroxyl groups is 2. The Hall–Kier alpha value is 0.310. The van der Waals surface area contributed by atoms with Crippen molar-refractivity contribution in [3.8, 4) is 0 Å². The molecule has 0 aromatic heterocycles. The Morgan fingerprint density at radius 2 is 1.38 bits per heavy atom. The number of hydrogen-bond donors (Lipinski definition) is 3. The summed E-state index contributed by atoms with van der Waals surface area (Å²) in [5.74, 6) is 0. The van der Waals surface area contributed by atoms with Gasteiger partial charge < -0.3 is 0 Å². The molecule has 3 nitrogen and oxygen atoms in total. The second-order valence-corrected chi connectivity index (χ2v) is 10.9. The molecule has 13 heavy (non-hydrogen) atoms. The summed E-state index contributed by atoms with van der Waals surface area (Å²) in [7, 11) is 0. The average Bonchev–Trinajstić information content (AvgIpc) is 2.18. The summed E-state index contributed by atoms with van der Waals surface area (Å²) < 4.78 is 0. The van der Waals surface area contributed by atoms with Crippen LogP contribution in [0.25, 0.3) is 0 Å². The van der Waals surface area contributed by atoms with Gasteiger partial charge in [0.15, 0.2) is 0 Å². The van der Waals surface area contributed by atoms with Crippen LogP contribution in [0.15, 0.2) is 0 Å². The molecule has 4 N–H and O–H groups in total. The molecule has 0 aromatic carbocycles. The molecule has 0 saturated carbocycles. The molecule has 0 amide bonds. The average molecular weight is 209 g/mol. The second-order valence-electron chi connectivity index (χ2n) is 3.95. The number of aliphatic hydroxyl groups excluding tert-OH is 2. The van der Waals surface area contributed by atoms with Crippen LogP contribution < -0.4 is 5.73 Å². The van der Waals surface area contributed by atoms with E-state index in [1.165, 1.54) is 0 Å². The molecular weight excluding hydrogens is 185 g/mol. The van der Waals surface area contributed by atoms with Gasteiger partial charge in [0.05, 0.1) is 0 Å². The fourth-order valence-corrected chi connectivity index (χ4v) is 5.92. The fraction of sp³-hybridized carbons (Fsp3) is 1.00. The molecule has 0 aromatic rings. The van der Waals surface area contributed by atoms with E-state index in [4.69, 9.17) is 15.9 Å². The van der Waals surface area contributed by atoms with E-state index in [1.807, 2.05) is 0 Å². The first-order chi connectivity index (χ1) is 6.12. The Morgan fingerprint density at radius 1 is 1.00 bits per heavy atom. The molecule has 0 atom stereocenters. The van der Waals surface area contributed by atoms with E-state index in [2.05, 4.69) is 13.8 Å². The van der Waals surface area contributed by atoms with Crippen LogP contribution in [0.5, 0.6) is 0 Å². The molecule has 0 saturated heterocycles. The van der Waals surface area contributed by atoms with E-state index in [9.17, 15) is 0 Å². The van der Waals surface area contributed by atoms with Gasteiger partial charge in [0.1, 0.15) is 0 Å². The molecular formula is C9H24NO2P. The molecule has 0 spiro atoms. The molecule has 0 aliphatic rings. The zero-order valence-corrected chi connectivity index (χ0v) is 9.76. The van der Waals surface area contributed by atoms with E-state index in [-0.39, 0.29) is 13.2 Å². The first-order valence-electron chi connectivity index (χ1n) is 5.04. The topological polar surface area (TPSA) is 66.5 Å². The van der Waals surface area contributed by atoms with Crippen molar-refractivity contribution >= 4 is 6.60 Å². The molecule has 0 aliphatic heterocycles. The van der Waals surface area contributed by atoms with Gasteiger partial charge in [0.2, 0.25) is 0 Å². The van der Waals surface area contributed by atoms with Gasteiger partial charge in [-0.05, 0) is 0 Å². The van der Waals surface area contributed by atoms with Gasteiger partial charge in [-0.15, -0.1) is 0 Å². The third-order valence-corrected chi connectivity index (χ3v) is 11.3. The Balaban J connectivity index is 4.77. The zero-order chi connectivity index (χ0) is 10.4.